The van der Waals surface area contributed by atoms with Gasteiger partial charge in [-0.15, -0.1) is 0 Å². The highest BCUT2D eigenvalue weighted by Gasteiger charge is 2.26. The van der Waals surface area contributed by atoms with Gasteiger partial charge in [-0.25, -0.2) is 4.79 Å². The highest BCUT2D eigenvalue weighted by molar-refractivity contribution is 5.65. The average Bonchev–Trinajstić information content (AvgIpc) is 1.86. The molecule has 4 heteroatoms. The quantitative estimate of drug-likeness (QED) is 0.672. The molecule has 0 fully saturated rings. The maximum atomic E-state index is 10.5. The number of likely N-dealkylation sites (N-methyl/N-ethyl adjacent to an activating group) is 1. The van der Waals surface area contributed by atoms with Crippen molar-refractivity contribution in [3.8, 4) is 0 Å². The van der Waals surface area contributed by atoms with E-state index in [1.54, 1.807) is 7.11 Å². The van der Waals surface area contributed by atoms with E-state index < -0.39 is 11.6 Å². The second kappa shape index (κ2) is 3.57. The third-order valence-electron chi connectivity index (χ3n) is 1.69. The molecule has 0 radical (unpaired) electrons. The molecular formula is C7H15NO3. The predicted molar refractivity (Wildman–Crippen MR) is 41.7 cm³/mol. The Bertz CT molecular complexity index is 145. The van der Waals surface area contributed by atoms with E-state index in [4.69, 9.17) is 9.84 Å². The Hall–Kier alpha value is -0.770. The lowest BCUT2D eigenvalue weighted by atomic mass is 10.1. The van der Waals surface area contributed by atoms with Crippen LogP contribution in [-0.4, -0.2) is 42.4 Å². The molecule has 0 heterocycles. The summed E-state index contributed by atoms with van der Waals surface area (Å²) in [6.07, 6.45) is -0.938. The number of carboxylic acid groups (broad SMARTS) is 1. The number of methoxy groups -OCH3 is 1. The SMILES string of the molecule is COCC(C)(C)N(C)C(=O)O. The second-order valence-corrected chi connectivity index (χ2v) is 3.09. The first kappa shape index (κ1) is 10.2. The summed E-state index contributed by atoms with van der Waals surface area (Å²) >= 11 is 0. The molecule has 11 heavy (non-hydrogen) atoms. The van der Waals surface area contributed by atoms with Crippen LogP contribution in [0.4, 0.5) is 4.79 Å². The summed E-state index contributed by atoms with van der Waals surface area (Å²) in [7, 11) is 3.08. The Labute approximate surface area is 66.8 Å². The van der Waals surface area contributed by atoms with E-state index in [1.807, 2.05) is 13.8 Å². The lowest BCUT2D eigenvalue weighted by Gasteiger charge is -2.32. The van der Waals surface area contributed by atoms with Crippen molar-refractivity contribution in [3.05, 3.63) is 0 Å². The van der Waals surface area contributed by atoms with Crippen molar-refractivity contribution in [3.63, 3.8) is 0 Å². The molecule has 0 aliphatic heterocycles. The zero-order valence-electron chi connectivity index (χ0n) is 7.42. The van der Waals surface area contributed by atoms with Crippen LogP contribution in [0.3, 0.4) is 0 Å². The van der Waals surface area contributed by atoms with Gasteiger partial charge in [0, 0.05) is 14.2 Å². The van der Waals surface area contributed by atoms with Crippen molar-refractivity contribution in [2.24, 2.45) is 0 Å². The minimum absolute atomic E-state index is 0.399. The number of hydrogen-bond donors (Lipinski definition) is 1. The largest absolute Gasteiger partial charge is 0.465 e. The molecule has 66 valence electrons. The number of carbonyl (C=O) groups is 1. The average molecular weight is 161 g/mol. The van der Waals surface area contributed by atoms with Gasteiger partial charge in [0.15, 0.2) is 0 Å². The van der Waals surface area contributed by atoms with Crippen LogP contribution in [-0.2, 0) is 4.74 Å². The van der Waals surface area contributed by atoms with Crippen LogP contribution >= 0.6 is 0 Å². The molecule has 1 amide bonds. The lowest BCUT2D eigenvalue weighted by molar-refractivity contribution is 0.0501. The van der Waals surface area contributed by atoms with Crippen molar-refractivity contribution in [2.75, 3.05) is 20.8 Å². The van der Waals surface area contributed by atoms with Crippen molar-refractivity contribution >= 4 is 6.09 Å². The number of amides is 1. The zero-order valence-corrected chi connectivity index (χ0v) is 7.42. The third kappa shape index (κ3) is 2.76. The topological polar surface area (TPSA) is 49.8 Å². The first-order valence-corrected chi connectivity index (χ1v) is 3.37. The molecule has 1 N–H and O–H groups in total. The molecule has 0 aromatic heterocycles. The van der Waals surface area contributed by atoms with Crippen LogP contribution in [0.15, 0.2) is 0 Å². The highest BCUT2D eigenvalue weighted by atomic mass is 16.5. The number of hydrogen-bond acceptors (Lipinski definition) is 2. The fourth-order valence-corrected chi connectivity index (χ4v) is 0.709. The number of nitrogens with zero attached hydrogens (tertiary/aromatic N) is 1. The lowest BCUT2D eigenvalue weighted by Crippen LogP contribution is -2.47. The molecule has 0 saturated heterocycles. The second-order valence-electron chi connectivity index (χ2n) is 3.09. The van der Waals surface area contributed by atoms with Gasteiger partial charge < -0.3 is 14.7 Å². The fourth-order valence-electron chi connectivity index (χ4n) is 0.709. The summed E-state index contributed by atoms with van der Waals surface area (Å²) < 4.78 is 4.87. The summed E-state index contributed by atoms with van der Waals surface area (Å²) in [5.74, 6) is 0. The van der Waals surface area contributed by atoms with Gasteiger partial charge >= 0.3 is 6.09 Å². The molecule has 0 saturated carbocycles. The monoisotopic (exact) mass is 161 g/mol. The van der Waals surface area contributed by atoms with E-state index >= 15 is 0 Å². The molecular weight excluding hydrogens is 146 g/mol. The van der Waals surface area contributed by atoms with Gasteiger partial charge in [-0.05, 0) is 13.8 Å². The van der Waals surface area contributed by atoms with Crippen molar-refractivity contribution in [1.29, 1.82) is 0 Å². The van der Waals surface area contributed by atoms with E-state index in [1.165, 1.54) is 11.9 Å². The summed E-state index contributed by atoms with van der Waals surface area (Å²) in [6, 6.07) is 0. The Balaban J connectivity index is 4.16. The molecule has 0 rings (SSSR count). The number of ether oxygens (including phenoxy) is 1. The van der Waals surface area contributed by atoms with E-state index in [9.17, 15) is 4.79 Å². The van der Waals surface area contributed by atoms with E-state index in [0.717, 1.165) is 0 Å². The van der Waals surface area contributed by atoms with Gasteiger partial charge in [-0.3, -0.25) is 0 Å². The van der Waals surface area contributed by atoms with E-state index in [-0.39, 0.29) is 0 Å². The first-order valence-electron chi connectivity index (χ1n) is 3.37. The Kier molecular flexibility index (Phi) is 3.32. The Morgan fingerprint density at radius 1 is 1.64 bits per heavy atom. The first-order chi connectivity index (χ1) is 4.91. The summed E-state index contributed by atoms with van der Waals surface area (Å²) in [5.41, 5.74) is -0.458. The molecule has 0 aromatic carbocycles. The van der Waals surface area contributed by atoms with Crippen LogP contribution in [0.2, 0.25) is 0 Å². The van der Waals surface area contributed by atoms with Crippen molar-refractivity contribution in [2.45, 2.75) is 19.4 Å². The highest BCUT2D eigenvalue weighted by Crippen LogP contribution is 2.11. The van der Waals surface area contributed by atoms with Gasteiger partial charge in [-0.2, -0.15) is 0 Å². The number of rotatable bonds is 3. The smallest absolute Gasteiger partial charge is 0.407 e. The molecule has 0 aliphatic carbocycles. The van der Waals surface area contributed by atoms with Crippen LogP contribution in [0.1, 0.15) is 13.8 Å². The molecule has 0 aliphatic rings. The molecule has 0 spiro atoms. The van der Waals surface area contributed by atoms with Gasteiger partial charge in [-0.1, -0.05) is 0 Å². The molecule has 0 aromatic rings. The van der Waals surface area contributed by atoms with Crippen LogP contribution in [0.25, 0.3) is 0 Å². The van der Waals surface area contributed by atoms with Crippen LogP contribution < -0.4 is 0 Å². The van der Waals surface area contributed by atoms with Crippen molar-refractivity contribution < 1.29 is 14.6 Å². The van der Waals surface area contributed by atoms with Gasteiger partial charge in [0.05, 0.1) is 12.1 Å². The standard InChI is InChI=1S/C7H15NO3/c1-7(2,5-11-4)8(3)6(9)10/h5H2,1-4H3,(H,9,10). The summed E-state index contributed by atoms with van der Waals surface area (Å²) in [4.78, 5) is 11.7. The molecule has 0 atom stereocenters. The van der Waals surface area contributed by atoms with Gasteiger partial charge in [0.25, 0.3) is 0 Å². The Morgan fingerprint density at radius 2 is 2.09 bits per heavy atom. The molecule has 0 bridgehead atoms. The minimum atomic E-state index is -0.938. The maximum absolute atomic E-state index is 10.5. The molecule has 4 nitrogen and oxygen atoms in total. The van der Waals surface area contributed by atoms with Gasteiger partial charge in [0.2, 0.25) is 0 Å². The summed E-state index contributed by atoms with van der Waals surface area (Å²) in [5, 5.41) is 8.61. The predicted octanol–water partition coefficient (Wildman–Crippen LogP) is 1.02. The fraction of sp³-hybridized carbons (Fsp3) is 0.857. The van der Waals surface area contributed by atoms with Crippen LogP contribution in [0, 0.1) is 0 Å². The van der Waals surface area contributed by atoms with E-state index in [2.05, 4.69) is 0 Å². The molecule has 0 unspecified atom stereocenters. The summed E-state index contributed by atoms with van der Waals surface area (Å²) in [6.45, 7) is 4.02. The van der Waals surface area contributed by atoms with Crippen molar-refractivity contribution in [1.82, 2.24) is 4.90 Å². The zero-order chi connectivity index (χ0) is 9.07. The Morgan fingerprint density at radius 3 is 2.36 bits per heavy atom. The normalized spacial score (nSPS) is 11.3. The third-order valence-corrected chi connectivity index (χ3v) is 1.69. The van der Waals surface area contributed by atoms with E-state index in [0.29, 0.717) is 6.61 Å². The van der Waals surface area contributed by atoms with Gasteiger partial charge in [0.1, 0.15) is 0 Å². The maximum Gasteiger partial charge on any atom is 0.407 e. The minimum Gasteiger partial charge on any atom is -0.465 e. The van der Waals surface area contributed by atoms with Crippen LogP contribution in [0.5, 0.6) is 0 Å².